The Labute approximate surface area is 120 Å². The van der Waals surface area contributed by atoms with Crippen molar-refractivity contribution in [2.24, 2.45) is 4.99 Å². The minimum absolute atomic E-state index is 0.0642. The van der Waals surface area contributed by atoms with E-state index >= 15 is 0 Å². The summed E-state index contributed by atoms with van der Waals surface area (Å²) in [6, 6.07) is 7.73. The number of nitrogens with zero attached hydrogens (tertiary/aromatic N) is 2. The Morgan fingerprint density at radius 1 is 1.40 bits per heavy atom. The van der Waals surface area contributed by atoms with Crippen LogP contribution >= 0.6 is 0 Å². The number of carbonyl (C=O) groups excluding carboxylic acids is 1. The summed E-state index contributed by atoms with van der Waals surface area (Å²) in [5.41, 5.74) is 1.82. The van der Waals surface area contributed by atoms with Gasteiger partial charge in [-0.1, -0.05) is 12.1 Å². The summed E-state index contributed by atoms with van der Waals surface area (Å²) in [6.07, 6.45) is 1.07. The number of hydrogen-bond donors (Lipinski definition) is 2. The van der Waals surface area contributed by atoms with Gasteiger partial charge in [0.05, 0.1) is 0 Å². The molecule has 0 saturated carbocycles. The van der Waals surface area contributed by atoms with E-state index in [1.807, 2.05) is 38.1 Å². The van der Waals surface area contributed by atoms with E-state index in [1.165, 1.54) is 0 Å². The van der Waals surface area contributed by atoms with Gasteiger partial charge in [0, 0.05) is 37.4 Å². The Morgan fingerprint density at radius 2 is 2.20 bits per heavy atom. The molecule has 2 amide bonds. The summed E-state index contributed by atoms with van der Waals surface area (Å²) in [5.74, 6) is 0.912. The van der Waals surface area contributed by atoms with Crippen molar-refractivity contribution in [1.29, 1.82) is 0 Å². The number of aliphatic imine (C=N–C) groups is 1. The van der Waals surface area contributed by atoms with E-state index in [0.717, 1.165) is 36.6 Å². The quantitative estimate of drug-likeness (QED) is 0.885. The van der Waals surface area contributed by atoms with E-state index in [2.05, 4.69) is 15.6 Å². The Hall–Kier alpha value is -2.04. The Bertz CT molecular complexity index is 494. The number of anilines is 1. The third-order valence-electron chi connectivity index (χ3n) is 3.34. The van der Waals surface area contributed by atoms with Gasteiger partial charge in [-0.05, 0) is 32.4 Å². The number of amides is 2. The number of amidine groups is 1. The van der Waals surface area contributed by atoms with Crippen LogP contribution in [0, 0.1) is 0 Å². The van der Waals surface area contributed by atoms with Gasteiger partial charge >= 0.3 is 6.03 Å². The van der Waals surface area contributed by atoms with Crippen LogP contribution in [-0.2, 0) is 0 Å². The number of rotatable bonds is 4. The summed E-state index contributed by atoms with van der Waals surface area (Å²) in [7, 11) is 0. The molecule has 1 aliphatic rings. The summed E-state index contributed by atoms with van der Waals surface area (Å²) >= 11 is 0. The molecule has 0 spiro atoms. The predicted octanol–water partition coefficient (Wildman–Crippen LogP) is 2.30. The fraction of sp³-hybridized carbons (Fsp3) is 0.467. The van der Waals surface area contributed by atoms with Gasteiger partial charge in [-0.2, -0.15) is 0 Å². The molecule has 2 N–H and O–H groups in total. The maximum absolute atomic E-state index is 12.0. The molecule has 108 valence electrons. The molecule has 5 heteroatoms. The molecule has 0 radical (unpaired) electrons. The maximum Gasteiger partial charge on any atom is 0.321 e. The van der Waals surface area contributed by atoms with E-state index < -0.39 is 0 Å². The lowest BCUT2D eigenvalue weighted by Gasteiger charge is -2.20. The van der Waals surface area contributed by atoms with Gasteiger partial charge in [-0.3, -0.25) is 4.99 Å². The van der Waals surface area contributed by atoms with Crippen LogP contribution in [0.1, 0.15) is 25.8 Å². The Kier molecular flexibility index (Phi) is 4.98. The lowest BCUT2D eigenvalue weighted by Crippen LogP contribution is -2.34. The molecular weight excluding hydrogens is 252 g/mol. The molecule has 0 bridgehead atoms. The summed E-state index contributed by atoms with van der Waals surface area (Å²) < 4.78 is 0. The SMILES string of the molecule is CCN(CC)C(=O)Nc1cccc(C2=NCCCN2)c1. The smallest absolute Gasteiger partial charge is 0.321 e. The Balaban J connectivity index is 2.10. The third kappa shape index (κ3) is 3.50. The second kappa shape index (κ2) is 6.93. The topological polar surface area (TPSA) is 56.7 Å². The van der Waals surface area contributed by atoms with Crippen LogP contribution in [0.15, 0.2) is 29.3 Å². The molecule has 1 aliphatic heterocycles. The molecule has 0 atom stereocenters. The maximum atomic E-state index is 12.0. The van der Waals surface area contributed by atoms with E-state index in [0.29, 0.717) is 13.1 Å². The molecule has 5 nitrogen and oxygen atoms in total. The van der Waals surface area contributed by atoms with E-state index in [-0.39, 0.29) is 6.03 Å². The number of carbonyl (C=O) groups is 1. The molecule has 1 aromatic rings. The highest BCUT2D eigenvalue weighted by Gasteiger charge is 2.11. The first-order valence-electron chi connectivity index (χ1n) is 7.19. The normalized spacial score (nSPS) is 14.2. The zero-order valence-corrected chi connectivity index (χ0v) is 12.1. The molecule has 1 heterocycles. The average Bonchev–Trinajstić information content (AvgIpc) is 2.49. The highest BCUT2D eigenvalue weighted by Crippen LogP contribution is 2.13. The number of benzene rings is 1. The highest BCUT2D eigenvalue weighted by atomic mass is 16.2. The lowest BCUT2D eigenvalue weighted by atomic mass is 10.1. The average molecular weight is 274 g/mol. The highest BCUT2D eigenvalue weighted by molar-refractivity contribution is 6.00. The number of nitrogens with one attached hydrogen (secondary N) is 2. The largest absolute Gasteiger partial charge is 0.370 e. The van der Waals surface area contributed by atoms with Gasteiger partial charge in [0.15, 0.2) is 0 Å². The zero-order chi connectivity index (χ0) is 14.4. The van der Waals surface area contributed by atoms with Crippen molar-refractivity contribution < 1.29 is 4.79 Å². The van der Waals surface area contributed by atoms with Crippen molar-refractivity contribution in [2.75, 3.05) is 31.5 Å². The first kappa shape index (κ1) is 14.4. The summed E-state index contributed by atoms with van der Waals surface area (Å²) in [4.78, 5) is 18.3. The molecule has 0 aromatic heterocycles. The monoisotopic (exact) mass is 274 g/mol. The third-order valence-corrected chi connectivity index (χ3v) is 3.34. The fourth-order valence-electron chi connectivity index (χ4n) is 2.18. The van der Waals surface area contributed by atoms with Crippen LogP contribution in [0.2, 0.25) is 0 Å². The van der Waals surface area contributed by atoms with Gasteiger partial charge in [-0.25, -0.2) is 4.79 Å². The van der Waals surface area contributed by atoms with Gasteiger partial charge in [0.1, 0.15) is 5.84 Å². The zero-order valence-electron chi connectivity index (χ0n) is 12.1. The van der Waals surface area contributed by atoms with Gasteiger partial charge in [0.25, 0.3) is 0 Å². The van der Waals surface area contributed by atoms with Crippen LogP contribution in [0.5, 0.6) is 0 Å². The predicted molar refractivity (Wildman–Crippen MR) is 82.4 cm³/mol. The van der Waals surface area contributed by atoms with Crippen LogP contribution in [0.4, 0.5) is 10.5 Å². The van der Waals surface area contributed by atoms with Gasteiger partial charge in [-0.15, -0.1) is 0 Å². The molecule has 0 aliphatic carbocycles. The first-order valence-corrected chi connectivity index (χ1v) is 7.19. The second-order valence-electron chi connectivity index (χ2n) is 4.69. The number of urea groups is 1. The summed E-state index contributed by atoms with van der Waals surface area (Å²) in [5, 5.41) is 6.22. The van der Waals surface area contributed by atoms with E-state index in [1.54, 1.807) is 4.90 Å². The van der Waals surface area contributed by atoms with E-state index in [4.69, 9.17) is 0 Å². The lowest BCUT2D eigenvalue weighted by molar-refractivity contribution is 0.217. The number of hydrogen-bond acceptors (Lipinski definition) is 3. The van der Waals surface area contributed by atoms with Crippen molar-refractivity contribution in [3.05, 3.63) is 29.8 Å². The molecule has 20 heavy (non-hydrogen) atoms. The molecule has 1 aromatic carbocycles. The van der Waals surface area contributed by atoms with Crippen molar-refractivity contribution in [1.82, 2.24) is 10.2 Å². The van der Waals surface area contributed by atoms with Crippen LogP contribution in [-0.4, -0.2) is 42.9 Å². The van der Waals surface area contributed by atoms with Crippen molar-refractivity contribution >= 4 is 17.6 Å². The molecule has 0 fully saturated rings. The van der Waals surface area contributed by atoms with Crippen molar-refractivity contribution in [2.45, 2.75) is 20.3 Å². The molecule has 0 saturated heterocycles. The van der Waals surface area contributed by atoms with Crippen LogP contribution < -0.4 is 10.6 Å². The first-order chi connectivity index (χ1) is 9.74. The van der Waals surface area contributed by atoms with Gasteiger partial charge in [0.2, 0.25) is 0 Å². The minimum Gasteiger partial charge on any atom is -0.370 e. The van der Waals surface area contributed by atoms with Crippen LogP contribution in [0.25, 0.3) is 0 Å². The summed E-state index contributed by atoms with van der Waals surface area (Å²) in [6.45, 7) is 7.17. The van der Waals surface area contributed by atoms with E-state index in [9.17, 15) is 4.79 Å². The second-order valence-corrected chi connectivity index (χ2v) is 4.69. The van der Waals surface area contributed by atoms with Crippen molar-refractivity contribution in [3.63, 3.8) is 0 Å². The molecule has 2 rings (SSSR count). The molecular formula is C15H22N4O. The fourth-order valence-corrected chi connectivity index (χ4v) is 2.18. The minimum atomic E-state index is -0.0642. The van der Waals surface area contributed by atoms with Crippen LogP contribution in [0.3, 0.4) is 0 Å². The molecule has 0 unspecified atom stereocenters. The van der Waals surface area contributed by atoms with Crippen molar-refractivity contribution in [3.8, 4) is 0 Å². The standard InChI is InChI=1S/C15H22N4O/c1-3-19(4-2)15(20)18-13-8-5-7-12(11-13)14-16-9-6-10-17-14/h5,7-8,11H,3-4,6,9-10H2,1-2H3,(H,16,17)(H,18,20). The van der Waals surface area contributed by atoms with Gasteiger partial charge < -0.3 is 15.5 Å². The Morgan fingerprint density at radius 3 is 2.85 bits per heavy atom.